The maximum absolute atomic E-state index is 7.04. The highest BCUT2D eigenvalue weighted by molar-refractivity contribution is 6.99. The molecule has 5 heteroatoms. The van der Waals surface area contributed by atoms with Crippen LogP contribution in [0.1, 0.15) is 51.7 Å². The first kappa shape index (κ1) is 31.8. The zero-order chi connectivity index (χ0) is 35.8. The molecule has 4 nitrogen and oxygen atoms in total. The summed E-state index contributed by atoms with van der Waals surface area (Å²) in [5, 5.41) is 2.18. The van der Waals surface area contributed by atoms with Gasteiger partial charge in [-0.1, -0.05) is 113 Å². The van der Waals surface area contributed by atoms with E-state index >= 15 is 0 Å². The largest absolute Gasteiger partial charge is 0.468 e. The van der Waals surface area contributed by atoms with Gasteiger partial charge in [0.25, 0.3) is 0 Å². The fraction of sp³-hybridized carbons (Fsp3) is 0.167. The molecule has 0 amide bonds. The molecule has 0 bridgehead atoms. The van der Waals surface area contributed by atoms with Crippen LogP contribution in [0.4, 0.5) is 34.1 Å². The molecule has 0 atom stereocenters. The zero-order valence-electron chi connectivity index (χ0n) is 30.7. The molecular formula is C48H41BN2O2. The van der Waals surface area contributed by atoms with Crippen LogP contribution in [0.3, 0.4) is 0 Å². The molecular weight excluding hydrogens is 647 g/mol. The van der Waals surface area contributed by atoms with Crippen LogP contribution in [0.15, 0.2) is 148 Å². The molecule has 53 heavy (non-hydrogen) atoms. The number of benzene rings is 6. The average Bonchev–Trinajstić information content (AvgIpc) is 3.76. The molecule has 6 aromatic carbocycles. The third-order valence-electron chi connectivity index (χ3n) is 11.2. The van der Waals surface area contributed by atoms with Gasteiger partial charge in [-0.3, -0.25) is 0 Å². The predicted molar refractivity (Wildman–Crippen MR) is 223 cm³/mol. The van der Waals surface area contributed by atoms with Crippen molar-refractivity contribution in [1.29, 1.82) is 0 Å². The number of fused-ring (bicyclic) bond motifs is 8. The van der Waals surface area contributed by atoms with Crippen LogP contribution in [0, 0.1) is 0 Å². The summed E-state index contributed by atoms with van der Waals surface area (Å²) >= 11 is 0. The van der Waals surface area contributed by atoms with Crippen LogP contribution in [-0.2, 0) is 11.8 Å². The molecule has 4 heterocycles. The molecule has 0 unspecified atom stereocenters. The number of para-hydroxylation sites is 2. The highest BCUT2D eigenvalue weighted by Gasteiger charge is 2.49. The first-order valence-corrected chi connectivity index (χ1v) is 19.0. The summed E-state index contributed by atoms with van der Waals surface area (Å²) < 4.78 is 14.0. The van der Waals surface area contributed by atoms with E-state index < -0.39 is 0 Å². The van der Waals surface area contributed by atoms with E-state index in [1.165, 1.54) is 40.6 Å². The Hall–Kier alpha value is -5.94. The number of unbranched alkanes of at least 4 members (excludes halogenated alkanes) is 1. The maximum Gasteiger partial charge on any atom is 0.342 e. The summed E-state index contributed by atoms with van der Waals surface area (Å²) in [4.78, 5) is 4.89. The van der Waals surface area contributed by atoms with Crippen LogP contribution in [-0.4, -0.2) is 6.71 Å². The zero-order valence-corrected chi connectivity index (χ0v) is 30.7. The standard InChI is InChI=1S/C48H41BN2O2/c1-5-6-15-31-24-27-34(28-25-31)50-39-20-14-21-40-43(39)49(46-44(50)35-18-10-12-22-41(35)52-46)47-45(36-19-11-13-23-42(36)53-47)51(40)38-29-26-33(48(2,3)4)30-37(38)32-16-8-7-9-17-32/h7-14,16-30H,5-6,15H2,1-4H3. The lowest BCUT2D eigenvalue weighted by molar-refractivity contribution is 0.590. The summed E-state index contributed by atoms with van der Waals surface area (Å²) in [5.41, 5.74) is 16.4. The van der Waals surface area contributed by atoms with E-state index in [1.54, 1.807) is 0 Å². The molecule has 0 N–H and O–H groups in total. The minimum Gasteiger partial charge on any atom is -0.468 e. The molecule has 2 aliphatic rings. The summed E-state index contributed by atoms with van der Waals surface area (Å²) in [5.74, 6) is 0. The molecule has 2 aliphatic heterocycles. The van der Waals surface area contributed by atoms with Crippen LogP contribution >= 0.6 is 0 Å². The summed E-state index contributed by atoms with van der Waals surface area (Å²) in [6.07, 6.45) is 3.45. The molecule has 2 aromatic heterocycles. The van der Waals surface area contributed by atoms with Gasteiger partial charge in [0, 0.05) is 33.4 Å². The van der Waals surface area contributed by atoms with Crippen molar-refractivity contribution in [2.75, 3.05) is 9.80 Å². The second-order valence-corrected chi connectivity index (χ2v) is 15.6. The number of furan rings is 2. The highest BCUT2D eigenvalue weighted by atomic mass is 16.3. The van der Waals surface area contributed by atoms with Gasteiger partial charge in [-0.25, -0.2) is 0 Å². The normalized spacial score (nSPS) is 13.4. The number of nitrogens with zero attached hydrogens (tertiary/aromatic N) is 2. The molecule has 8 aromatic rings. The molecule has 0 spiro atoms. The van der Waals surface area contributed by atoms with E-state index in [4.69, 9.17) is 8.83 Å². The van der Waals surface area contributed by atoms with E-state index in [1.807, 2.05) is 0 Å². The Labute approximate surface area is 311 Å². The lowest BCUT2D eigenvalue weighted by atomic mass is 9.37. The summed E-state index contributed by atoms with van der Waals surface area (Å²) in [7, 11) is 0. The van der Waals surface area contributed by atoms with Gasteiger partial charge in [0.1, 0.15) is 22.5 Å². The van der Waals surface area contributed by atoms with Crippen molar-refractivity contribution in [3.8, 4) is 11.1 Å². The van der Waals surface area contributed by atoms with Gasteiger partial charge in [-0.2, -0.15) is 0 Å². The minimum absolute atomic E-state index is 0.0151. The number of rotatable bonds is 6. The van der Waals surface area contributed by atoms with Crippen LogP contribution in [0.5, 0.6) is 0 Å². The molecule has 0 saturated carbocycles. The van der Waals surface area contributed by atoms with E-state index in [-0.39, 0.29) is 12.1 Å². The number of hydrogen-bond acceptors (Lipinski definition) is 4. The second kappa shape index (κ2) is 12.1. The molecule has 258 valence electrons. The molecule has 0 radical (unpaired) electrons. The Kier molecular flexibility index (Phi) is 7.23. The van der Waals surface area contributed by atoms with Gasteiger partial charge in [0.15, 0.2) is 0 Å². The van der Waals surface area contributed by atoms with E-state index in [2.05, 4.69) is 177 Å². The van der Waals surface area contributed by atoms with Gasteiger partial charge in [-0.15, -0.1) is 0 Å². The highest BCUT2D eigenvalue weighted by Crippen LogP contribution is 2.50. The van der Waals surface area contributed by atoms with E-state index in [9.17, 15) is 0 Å². The van der Waals surface area contributed by atoms with Crippen molar-refractivity contribution in [1.82, 2.24) is 0 Å². The topological polar surface area (TPSA) is 32.8 Å². The smallest absolute Gasteiger partial charge is 0.342 e. The van der Waals surface area contributed by atoms with E-state index in [0.29, 0.717) is 0 Å². The van der Waals surface area contributed by atoms with Crippen molar-refractivity contribution in [3.05, 3.63) is 151 Å². The molecule has 0 saturated heterocycles. The SMILES string of the molecule is CCCCc1ccc(N2c3cccc4c3B(c3oc5ccccc5c32)c2oc3ccccc3c2N4c2ccc(C(C)(C)C)cc2-c2ccccc2)cc1. The maximum atomic E-state index is 7.04. The lowest BCUT2D eigenvalue weighted by Crippen LogP contribution is -2.60. The van der Waals surface area contributed by atoms with E-state index in [0.717, 1.165) is 73.8 Å². The van der Waals surface area contributed by atoms with Crippen molar-refractivity contribution in [2.45, 2.75) is 52.4 Å². The number of hydrogen-bond donors (Lipinski definition) is 0. The Morgan fingerprint density at radius 2 is 1.19 bits per heavy atom. The van der Waals surface area contributed by atoms with Gasteiger partial charge < -0.3 is 18.6 Å². The van der Waals surface area contributed by atoms with Crippen molar-refractivity contribution < 1.29 is 8.83 Å². The first-order chi connectivity index (χ1) is 25.9. The van der Waals surface area contributed by atoms with Crippen molar-refractivity contribution in [3.63, 3.8) is 0 Å². The molecule has 0 fully saturated rings. The van der Waals surface area contributed by atoms with Gasteiger partial charge in [0.2, 0.25) is 0 Å². The quantitative estimate of drug-likeness (QED) is 0.163. The Bertz CT molecular complexity index is 2660. The predicted octanol–water partition coefficient (Wildman–Crippen LogP) is 11.6. The van der Waals surface area contributed by atoms with Crippen molar-refractivity contribution in [2.24, 2.45) is 0 Å². The van der Waals surface area contributed by atoms with Gasteiger partial charge in [0.05, 0.1) is 17.1 Å². The monoisotopic (exact) mass is 688 g/mol. The fourth-order valence-electron chi connectivity index (χ4n) is 8.56. The molecule has 10 rings (SSSR count). The Balaban J connectivity index is 1.29. The third kappa shape index (κ3) is 4.90. The molecule has 0 aliphatic carbocycles. The Morgan fingerprint density at radius 1 is 0.585 bits per heavy atom. The van der Waals surface area contributed by atoms with Crippen LogP contribution in [0.25, 0.3) is 33.1 Å². The first-order valence-electron chi connectivity index (χ1n) is 19.0. The fourth-order valence-corrected chi connectivity index (χ4v) is 8.56. The second-order valence-electron chi connectivity index (χ2n) is 15.6. The number of anilines is 6. The minimum atomic E-state index is -0.239. The Morgan fingerprint density at radius 3 is 1.83 bits per heavy atom. The summed E-state index contributed by atoms with van der Waals surface area (Å²) in [6, 6.07) is 50.6. The van der Waals surface area contributed by atoms with Crippen molar-refractivity contribution >= 4 is 79.6 Å². The van der Waals surface area contributed by atoms with Crippen LogP contribution < -0.4 is 26.6 Å². The third-order valence-corrected chi connectivity index (χ3v) is 11.2. The summed E-state index contributed by atoms with van der Waals surface area (Å²) in [6.45, 7) is 8.87. The van der Waals surface area contributed by atoms with Gasteiger partial charge >= 0.3 is 6.71 Å². The van der Waals surface area contributed by atoms with Gasteiger partial charge in [-0.05, 0) is 101 Å². The van der Waals surface area contributed by atoms with Crippen LogP contribution in [0.2, 0.25) is 0 Å². The average molecular weight is 689 g/mol. The lowest BCUT2D eigenvalue weighted by Gasteiger charge is -2.41. The number of aryl methyl sites for hydroxylation is 1.